The zero-order chi connectivity index (χ0) is 14.5. The normalized spacial score (nSPS) is 15.5. The minimum Gasteiger partial charge on any atom is -0.372 e. The van der Waals surface area contributed by atoms with Gasteiger partial charge in [-0.3, -0.25) is 9.59 Å². The van der Waals surface area contributed by atoms with Crippen LogP contribution in [-0.2, 0) is 20.9 Å². The van der Waals surface area contributed by atoms with Crippen molar-refractivity contribution >= 4 is 17.5 Å². The average Bonchev–Trinajstić information content (AvgIpc) is 3.28. The number of amides is 2. The van der Waals surface area contributed by atoms with Crippen molar-refractivity contribution in [1.82, 2.24) is 5.32 Å². The molecule has 1 unspecified atom stereocenters. The van der Waals surface area contributed by atoms with Crippen molar-refractivity contribution in [1.29, 1.82) is 0 Å². The van der Waals surface area contributed by atoms with E-state index in [1.54, 1.807) is 6.92 Å². The maximum absolute atomic E-state index is 11.7. The highest BCUT2D eigenvalue weighted by Crippen LogP contribution is 2.30. The monoisotopic (exact) mass is 276 g/mol. The molecule has 0 radical (unpaired) electrons. The Kier molecular flexibility index (Phi) is 4.74. The summed E-state index contributed by atoms with van der Waals surface area (Å²) >= 11 is 0. The molecule has 0 aliphatic heterocycles. The predicted octanol–water partition coefficient (Wildman–Crippen LogP) is 1.69. The highest BCUT2D eigenvalue weighted by molar-refractivity contribution is 5.94. The first kappa shape index (κ1) is 14.5. The fraction of sp³-hybridized carbons (Fsp3) is 0.467. The lowest BCUT2D eigenvalue weighted by molar-refractivity contribution is -0.130. The van der Waals surface area contributed by atoms with Crippen LogP contribution in [0.3, 0.4) is 0 Å². The topological polar surface area (TPSA) is 67.4 Å². The Morgan fingerprint density at radius 1 is 1.40 bits per heavy atom. The van der Waals surface area contributed by atoms with Gasteiger partial charge in [-0.05, 0) is 37.5 Å². The van der Waals surface area contributed by atoms with Crippen LogP contribution in [0.5, 0.6) is 0 Å². The molecule has 2 amide bonds. The van der Waals surface area contributed by atoms with E-state index in [9.17, 15) is 9.59 Å². The Balaban J connectivity index is 1.88. The van der Waals surface area contributed by atoms with Crippen molar-refractivity contribution in [3.05, 3.63) is 29.8 Å². The first-order valence-corrected chi connectivity index (χ1v) is 6.80. The van der Waals surface area contributed by atoms with E-state index in [1.165, 1.54) is 7.11 Å². The molecule has 108 valence electrons. The second-order valence-electron chi connectivity index (χ2n) is 5.06. The Labute approximate surface area is 118 Å². The summed E-state index contributed by atoms with van der Waals surface area (Å²) in [6, 6.07) is 7.50. The SMILES string of the molecule is COC(C)C(=O)NCc1cccc(NC(=O)C2CC2)c1. The fourth-order valence-electron chi connectivity index (χ4n) is 1.79. The number of nitrogens with one attached hydrogen (secondary N) is 2. The van der Waals surface area contributed by atoms with E-state index in [4.69, 9.17) is 4.74 Å². The van der Waals surface area contributed by atoms with Crippen LogP contribution in [-0.4, -0.2) is 25.0 Å². The quantitative estimate of drug-likeness (QED) is 0.830. The molecule has 1 saturated carbocycles. The molecule has 5 heteroatoms. The third-order valence-corrected chi connectivity index (χ3v) is 3.33. The van der Waals surface area contributed by atoms with Gasteiger partial charge in [-0.25, -0.2) is 0 Å². The summed E-state index contributed by atoms with van der Waals surface area (Å²) in [5.41, 5.74) is 1.71. The summed E-state index contributed by atoms with van der Waals surface area (Å²) < 4.78 is 4.94. The number of ether oxygens (including phenoxy) is 1. The third kappa shape index (κ3) is 4.06. The lowest BCUT2D eigenvalue weighted by atomic mass is 10.2. The molecule has 1 aliphatic rings. The zero-order valence-corrected chi connectivity index (χ0v) is 11.8. The lowest BCUT2D eigenvalue weighted by Gasteiger charge is -2.11. The summed E-state index contributed by atoms with van der Waals surface area (Å²) in [7, 11) is 1.50. The van der Waals surface area contributed by atoms with Crippen LogP contribution < -0.4 is 10.6 Å². The summed E-state index contributed by atoms with van der Waals surface area (Å²) in [5.74, 6) is 0.111. The Morgan fingerprint density at radius 2 is 2.15 bits per heavy atom. The van der Waals surface area contributed by atoms with Crippen LogP contribution in [0.4, 0.5) is 5.69 Å². The number of carbonyl (C=O) groups excluding carboxylic acids is 2. The molecule has 1 atom stereocenters. The third-order valence-electron chi connectivity index (χ3n) is 3.33. The number of methoxy groups -OCH3 is 1. The summed E-state index contributed by atoms with van der Waals surface area (Å²) in [4.78, 5) is 23.3. The first-order valence-electron chi connectivity index (χ1n) is 6.80. The van der Waals surface area contributed by atoms with Gasteiger partial charge in [-0.2, -0.15) is 0 Å². The van der Waals surface area contributed by atoms with Gasteiger partial charge in [0.25, 0.3) is 0 Å². The molecular weight excluding hydrogens is 256 g/mol. The molecule has 2 rings (SSSR count). The number of hydrogen-bond donors (Lipinski definition) is 2. The zero-order valence-electron chi connectivity index (χ0n) is 11.8. The van der Waals surface area contributed by atoms with Crippen LogP contribution in [0.25, 0.3) is 0 Å². The van der Waals surface area contributed by atoms with Crippen molar-refractivity contribution in [2.45, 2.75) is 32.4 Å². The number of hydrogen-bond acceptors (Lipinski definition) is 3. The van der Waals surface area contributed by atoms with E-state index in [0.29, 0.717) is 6.54 Å². The molecule has 0 heterocycles. The van der Waals surface area contributed by atoms with E-state index in [2.05, 4.69) is 10.6 Å². The number of anilines is 1. The molecule has 0 bridgehead atoms. The minimum atomic E-state index is -0.465. The van der Waals surface area contributed by atoms with Gasteiger partial charge in [0.15, 0.2) is 0 Å². The van der Waals surface area contributed by atoms with Gasteiger partial charge in [-0.15, -0.1) is 0 Å². The molecule has 20 heavy (non-hydrogen) atoms. The highest BCUT2D eigenvalue weighted by atomic mass is 16.5. The van der Waals surface area contributed by atoms with E-state index < -0.39 is 6.10 Å². The summed E-state index contributed by atoms with van der Waals surface area (Å²) in [6.45, 7) is 2.11. The average molecular weight is 276 g/mol. The standard InChI is InChI=1S/C15H20N2O3/c1-10(20-2)14(18)16-9-11-4-3-5-13(8-11)17-15(19)12-6-7-12/h3-5,8,10,12H,6-7,9H2,1-2H3,(H,16,18)(H,17,19). The van der Waals surface area contributed by atoms with Crippen LogP contribution in [0.1, 0.15) is 25.3 Å². The number of rotatable bonds is 6. The van der Waals surface area contributed by atoms with Crippen molar-refractivity contribution in [2.24, 2.45) is 5.92 Å². The fourth-order valence-corrected chi connectivity index (χ4v) is 1.79. The summed E-state index contributed by atoms with van der Waals surface area (Å²) in [6.07, 6.45) is 1.50. The van der Waals surface area contributed by atoms with Crippen molar-refractivity contribution in [3.63, 3.8) is 0 Å². The van der Waals surface area contributed by atoms with Crippen molar-refractivity contribution in [2.75, 3.05) is 12.4 Å². The molecule has 0 saturated heterocycles. The first-order chi connectivity index (χ1) is 9.60. The van der Waals surface area contributed by atoms with Gasteiger partial charge < -0.3 is 15.4 Å². The van der Waals surface area contributed by atoms with E-state index in [1.807, 2.05) is 24.3 Å². The minimum absolute atomic E-state index is 0.0826. The molecule has 0 aromatic heterocycles. The molecule has 1 aliphatic carbocycles. The highest BCUT2D eigenvalue weighted by Gasteiger charge is 2.29. The van der Waals surface area contributed by atoms with Crippen LogP contribution in [0.15, 0.2) is 24.3 Å². The van der Waals surface area contributed by atoms with Crippen molar-refractivity contribution < 1.29 is 14.3 Å². The van der Waals surface area contributed by atoms with Gasteiger partial charge >= 0.3 is 0 Å². The maximum atomic E-state index is 11.7. The van der Waals surface area contributed by atoms with Gasteiger partial charge in [-0.1, -0.05) is 12.1 Å². The van der Waals surface area contributed by atoms with E-state index >= 15 is 0 Å². The predicted molar refractivity (Wildman–Crippen MR) is 76.1 cm³/mol. The maximum Gasteiger partial charge on any atom is 0.249 e. The molecule has 1 fully saturated rings. The molecule has 1 aromatic carbocycles. The van der Waals surface area contributed by atoms with Crippen molar-refractivity contribution in [3.8, 4) is 0 Å². The summed E-state index contributed by atoms with van der Waals surface area (Å²) in [5, 5.41) is 5.68. The molecule has 1 aromatic rings. The Hall–Kier alpha value is -1.88. The number of carbonyl (C=O) groups is 2. The van der Waals surface area contributed by atoms with Gasteiger partial charge in [0, 0.05) is 25.3 Å². The van der Waals surface area contributed by atoms with Gasteiger partial charge in [0.1, 0.15) is 6.10 Å². The second kappa shape index (κ2) is 6.52. The number of benzene rings is 1. The molecule has 2 N–H and O–H groups in total. The van der Waals surface area contributed by atoms with E-state index in [-0.39, 0.29) is 17.7 Å². The molecule has 0 spiro atoms. The van der Waals surface area contributed by atoms with Gasteiger partial charge in [0.05, 0.1) is 0 Å². The molecule has 5 nitrogen and oxygen atoms in total. The molecular formula is C15H20N2O3. The van der Waals surface area contributed by atoms with E-state index in [0.717, 1.165) is 24.1 Å². The van der Waals surface area contributed by atoms with Crippen LogP contribution >= 0.6 is 0 Å². The second-order valence-corrected chi connectivity index (χ2v) is 5.06. The smallest absolute Gasteiger partial charge is 0.249 e. The van der Waals surface area contributed by atoms with Gasteiger partial charge in [0.2, 0.25) is 11.8 Å². The van der Waals surface area contributed by atoms with Crippen LogP contribution in [0.2, 0.25) is 0 Å². The van der Waals surface area contributed by atoms with Crippen LogP contribution in [0, 0.1) is 5.92 Å². The lowest BCUT2D eigenvalue weighted by Crippen LogP contribution is -2.33. The Morgan fingerprint density at radius 3 is 2.80 bits per heavy atom. The largest absolute Gasteiger partial charge is 0.372 e. The Bertz CT molecular complexity index is 498.